The zero-order valence-corrected chi connectivity index (χ0v) is 24.2. The van der Waals surface area contributed by atoms with Crippen molar-refractivity contribution >= 4 is 35.8 Å². The van der Waals surface area contributed by atoms with Gasteiger partial charge in [0.15, 0.2) is 0 Å². The van der Waals surface area contributed by atoms with E-state index in [-0.39, 0.29) is 56.0 Å². The summed E-state index contributed by atoms with van der Waals surface area (Å²) in [6.07, 6.45) is 0. The van der Waals surface area contributed by atoms with Crippen molar-refractivity contribution in [3.63, 3.8) is 0 Å². The molecule has 0 saturated carbocycles. The Labute approximate surface area is 260 Å². The van der Waals surface area contributed by atoms with E-state index in [1.165, 1.54) is 11.1 Å². The first-order valence-corrected chi connectivity index (χ1v) is 9.57. The van der Waals surface area contributed by atoms with E-state index in [9.17, 15) is 0 Å². The predicted octanol–water partition coefficient (Wildman–Crippen LogP) is -11.9. The summed E-state index contributed by atoms with van der Waals surface area (Å²) in [6.45, 7) is 4.19. The first kappa shape index (κ1) is 61.9. The summed E-state index contributed by atoms with van der Waals surface area (Å²) in [4.78, 5) is 53.6. The topological polar surface area (TPSA) is 422 Å². The van der Waals surface area contributed by atoms with E-state index in [1.807, 2.05) is 36.4 Å². The van der Waals surface area contributed by atoms with E-state index in [1.54, 1.807) is 0 Å². The van der Waals surface area contributed by atoms with E-state index in [0.717, 1.165) is 0 Å². The number of hydrogen-bond acceptors (Lipinski definition) is 12. The van der Waals surface area contributed by atoms with Gasteiger partial charge in [-0.15, -0.1) is 0 Å². The van der Waals surface area contributed by atoms with Crippen LogP contribution >= 0.6 is 0 Å². The van der Waals surface area contributed by atoms with Gasteiger partial charge in [0.2, 0.25) is 0 Å². The first-order chi connectivity index (χ1) is 16.5. The number of rotatable bonds is 2. The standard InChI is InChI=1S/2C8H11N.3C2H2O4.2Fe.4H2O/c2*1-7(9)8-5-3-2-4-6-8;3*3-1(4)2(5)6;;;;;;/h2*2-7H,9H2,1H3;3*(H,3,4)(H,5,6);;;4*1H2/q;;;;;2*+2;;;;/p-4/t2*7-;;;;;;;;;/m11........./s1. The van der Waals surface area contributed by atoms with Crippen LogP contribution in [0.15, 0.2) is 60.7 Å². The van der Waals surface area contributed by atoms with Crippen LogP contribution in [0, 0.1) is 0 Å². The maximum atomic E-state index is 8.93. The van der Waals surface area contributed by atoms with Crippen LogP contribution in [0.3, 0.4) is 0 Å². The van der Waals surface area contributed by atoms with Crippen molar-refractivity contribution in [2.75, 3.05) is 0 Å². The minimum Gasteiger partial charge on any atom is -0.543 e. The maximum Gasteiger partial charge on any atom is 2.00 e. The Hall–Kier alpha value is -3.94. The van der Waals surface area contributed by atoms with Crippen LogP contribution in [-0.2, 0) is 62.9 Å². The fourth-order valence-corrected chi connectivity index (χ4v) is 1.56. The van der Waals surface area contributed by atoms with Gasteiger partial charge in [-0.05, 0) is 13.8 Å². The molecule has 0 bridgehead atoms. The second kappa shape index (κ2) is 37.1. The zero-order chi connectivity index (χ0) is 28.8. The van der Waals surface area contributed by atoms with Crippen LogP contribution in [0.25, 0.3) is 0 Å². The van der Waals surface area contributed by atoms with Crippen LogP contribution in [0.1, 0.15) is 37.1 Å². The third-order valence-corrected chi connectivity index (χ3v) is 3.24. The van der Waals surface area contributed by atoms with Gasteiger partial charge in [-0.2, -0.15) is 0 Å². The number of quaternary nitrogens is 2. The summed E-state index contributed by atoms with van der Waals surface area (Å²) < 4.78 is 0. The van der Waals surface area contributed by atoms with E-state index in [0.29, 0.717) is 12.1 Å². The molecule has 0 unspecified atom stereocenters. The summed E-state index contributed by atoms with van der Waals surface area (Å²) in [5.74, 6) is -13.1. The zero-order valence-electron chi connectivity index (χ0n) is 21.9. The molecule has 20 heteroatoms. The summed E-state index contributed by atoms with van der Waals surface area (Å²) >= 11 is 0. The molecule has 0 amide bonds. The average Bonchev–Trinajstić information content (AvgIpc) is 2.81. The molecule has 0 aliphatic rings. The Kier molecular flexibility index (Phi) is 54.6. The molecule has 2 aromatic rings. The molecule has 0 aromatic heterocycles. The Morgan fingerprint density at radius 3 is 0.667 bits per heavy atom. The molecule has 0 radical (unpaired) electrons. The van der Waals surface area contributed by atoms with Crippen molar-refractivity contribution in [1.82, 2.24) is 0 Å². The summed E-state index contributed by atoms with van der Waals surface area (Å²) in [5.41, 5.74) is 10.4. The van der Waals surface area contributed by atoms with E-state index in [2.05, 4.69) is 49.6 Å². The Bertz CT molecular complexity index is 842. The van der Waals surface area contributed by atoms with Gasteiger partial charge >= 0.3 is 34.1 Å². The molecule has 2 rings (SSSR count). The molecule has 0 saturated heterocycles. The molecule has 42 heavy (non-hydrogen) atoms. The third kappa shape index (κ3) is 43.1. The predicted molar refractivity (Wildman–Crippen MR) is 120 cm³/mol. The maximum absolute atomic E-state index is 8.93. The molecule has 0 aliphatic heterocycles. The van der Waals surface area contributed by atoms with Crippen molar-refractivity contribution in [2.45, 2.75) is 25.9 Å². The molecule has 0 aliphatic carbocycles. The SMILES string of the molecule is C[C@@H]([NH3+])c1ccccc1.C[C@@H]([NH3+])c1ccccc1.O.O.O.O.O=C([O-])C(=O)[O-].O=C([O-])C(=O)[O-].O=C([O-])C(=O)[O-].[Fe+2].[Fe+2]. The number of benzene rings is 2. The summed E-state index contributed by atoms with van der Waals surface area (Å²) in [6, 6.07) is 21.4. The molecule has 2 atom stereocenters. The van der Waals surface area contributed by atoms with Crippen molar-refractivity contribution < 1.29 is 127 Å². The average molecular weight is 692 g/mol. The first-order valence-electron chi connectivity index (χ1n) is 9.57. The molecule has 18 nitrogen and oxygen atoms in total. The molecule has 14 N–H and O–H groups in total. The second-order valence-corrected chi connectivity index (χ2v) is 6.35. The van der Waals surface area contributed by atoms with Crippen LogP contribution in [0.5, 0.6) is 0 Å². The van der Waals surface area contributed by atoms with Crippen molar-refractivity contribution in [3.05, 3.63) is 71.8 Å². The molecule has 0 heterocycles. The van der Waals surface area contributed by atoms with E-state index in [4.69, 9.17) is 59.4 Å². The molecule has 0 spiro atoms. The van der Waals surface area contributed by atoms with Crippen LogP contribution in [0.4, 0.5) is 0 Å². The van der Waals surface area contributed by atoms with Crippen LogP contribution < -0.4 is 42.1 Å². The minimum atomic E-state index is -2.19. The van der Waals surface area contributed by atoms with Gasteiger partial charge in [0, 0.05) is 11.1 Å². The van der Waals surface area contributed by atoms with E-state index >= 15 is 0 Å². The molecule has 242 valence electrons. The number of carboxylic acid groups (broad SMARTS) is 6. The van der Waals surface area contributed by atoms with Gasteiger partial charge in [0.25, 0.3) is 0 Å². The number of carboxylic acids is 6. The Morgan fingerprint density at radius 2 is 0.595 bits per heavy atom. The van der Waals surface area contributed by atoms with E-state index < -0.39 is 35.8 Å². The van der Waals surface area contributed by atoms with Crippen molar-refractivity contribution in [3.8, 4) is 0 Å². The van der Waals surface area contributed by atoms with Crippen LogP contribution in [-0.4, -0.2) is 57.7 Å². The normalized spacial score (nSPS) is 8.76. The molecule has 2 aromatic carbocycles. The fourth-order valence-electron chi connectivity index (χ4n) is 1.56. The molecular formula is C22H32Fe2N2O16. The van der Waals surface area contributed by atoms with Crippen molar-refractivity contribution in [1.29, 1.82) is 0 Å². The quantitative estimate of drug-likeness (QED) is 0.219. The Morgan fingerprint density at radius 1 is 0.452 bits per heavy atom. The largest absolute Gasteiger partial charge is 2.00 e. The van der Waals surface area contributed by atoms with Gasteiger partial charge in [-0.1, -0.05) is 60.7 Å². The van der Waals surface area contributed by atoms with Gasteiger partial charge in [-0.3, -0.25) is 0 Å². The van der Waals surface area contributed by atoms with Crippen molar-refractivity contribution in [2.24, 2.45) is 0 Å². The monoisotopic (exact) mass is 692 g/mol. The molecular weight excluding hydrogens is 660 g/mol. The number of carbonyl (C=O) groups is 6. The number of aliphatic carboxylic acids is 6. The van der Waals surface area contributed by atoms with Gasteiger partial charge in [0.1, 0.15) is 12.1 Å². The minimum absolute atomic E-state index is 0. The number of hydrogen-bond donors (Lipinski definition) is 2. The fraction of sp³-hybridized carbons (Fsp3) is 0.182. The second-order valence-electron chi connectivity index (χ2n) is 6.35. The van der Waals surface area contributed by atoms with Crippen LogP contribution in [0.2, 0.25) is 0 Å². The Balaban J connectivity index is -0.0000000454. The van der Waals surface area contributed by atoms with Gasteiger partial charge < -0.3 is 92.8 Å². The van der Waals surface area contributed by atoms with Gasteiger partial charge in [0.05, 0.1) is 35.8 Å². The molecule has 0 fully saturated rings. The smallest absolute Gasteiger partial charge is 0.543 e. The summed E-state index contributed by atoms with van der Waals surface area (Å²) in [7, 11) is 0. The third-order valence-electron chi connectivity index (χ3n) is 3.24. The summed E-state index contributed by atoms with van der Waals surface area (Å²) in [5, 5.41) is 53.6. The van der Waals surface area contributed by atoms with Gasteiger partial charge in [-0.25, -0.2) is 0 Å². The number of carbonyl (C=O) groups excluding carboxylic acids is 6.